The average molecular weight is 223 g/mol. The van der Waals surface area contributed by atoms with Crippen LogP contribution in [0.4, 0.5) is 11.4 Å². The molecule has 1 aliphatic heterocycles. The lowest BCUT2D eigenvalue weighted by atomic mass is 10.2. The molecule has 0 spiro atoms. The number of nitrogens with zero attached hydrogens (tertiary/aromatic N) is 1. The van der Waals surface area contributed by atoms with Crippen LogP contribution >= 0.6 is 11.8 Å². The first-order valence-corrected chi connectivity index (χ1v) is 5.71. The van der Waals surface area contributed by atoms with E-state index >= 15 is 0 Å². The Morgan fingerprint density at radius 2 is 2.33 bits per heavy atom. The van der Waals surface area contributed by atoms with E-state index in [0.717, 1.165) is 22.9 Å². The fourth-order valence-corrected chi connectivity index (χ4v) is 2.67. The predicted octanol–water partition coefficient (Wildman–Crippen LogP) is 0.666. The molecule has 0 saturated carbocycles. The quantitative estimate of drug-likeness (QED) is 0.723. The molecule has 4 nitrogen and oxygen atoms in total. The highest BCUT2D eigenvalue weighted by atomic mass is 32.2. The van der Waals surface area contributed by atoms with E-state index in [0.29, 0.717) is 5.69 Å². The summed E-state index contributed by atoms with van der Waals surface area (Å²) in [6.07, 6.45) is 0. The lowest BCUT2D eigenvalue weighted by Gasteiger charge is -2.29. The zero-order valence-electron chi connectivity index (χ0n) is 8.27. The van der Waals surface area contributed by atoms with Gasteiger partial charge in [0.25, 0.3) is 0 Å². The predicted molar refractivity (Wildman–Crippen MR) is 63.0 cm³/mol. The van der Waals surface area contributed by atoms with Gasteiger partial charge in [0.2, 0.25) is 5.91 Å². The minimum atomic E-state index is -0.310. The Morgan fingerprint density at radius 3 is 3.07 bits per heavy atom. The van der Waals surface area contributed by atoms with Gasteiger partial charge < -0.3 is 16.4 Å². The Balaban J connectivity index is 2.32. The molecule has 0 fully saturated rings. The fraction of sp³-hybridized carbons (Fsp3) is 0.300. The van der Waals surface area contributed by atoms with E-state index in [-0.39, 0.29) is 12.5 Å². The topological polar surface area (TPSA) is 72.4 Å². The van der Waals surface area contributed by atoms with Gasteiger partial charge in [-0.25, -0.2) is 0 Å². The molecule has 0 radical (unpaired) electrons. The summed E-state index contributed by atoms with van der Waals surface area (Å²) in [5.41, 5.74) is 12.7. The Bertz CT molecular complexity index is 394. The largest absolute Gasteiger partial charge is 0.399 e. The van der Waals surface area contributed by atoms with Gasteiger partial charge in [-0.3, -0.25) is 4.79 Å². The highest BCUT2D eigenvalue weighted by Gasteiger charge is 2.18. The first-order valence-electron chi connectivity index (χ1n) is 4.72. The first-order chi connectivity index (χ1) is 7.16. The summed E-state index contributed by atoms with van der Waals surface area (Å²) in [7, 11) is 0. The molecule has 2 rings (SSSR count). The van der Waals surface area contributed by atoms with E-state index in [1.807, 2.05) is 23.1 Å². The number of primary amides is 1. The summed E-state index contributed by atoms with van der Waals surface area (Å²) >= 11 is 1.78. The Hall–Kier alpha value is -1.36. The van der Waals surface area contributed by atoms with Crippen molar-refractivity contribution in [3.05, 3.63) is 18.2 Å². The van der Waals surface area contributed by atoms with Gasteiger partial charge in [-0.05, 0) is 18.2 Å². The van der Waals surface area contributed by atoms with Crippen molar-refractivity contribution in [3.8, 4) is 0 Å². The number of hydrogen-bond donors (Lipinski definition) is 2. The van der Waals surface area contributed by atoms with Crippen LogP contribution in [0, 0.1) is 0 Å². The smallest absolute Gasteiger partial charge is 0.236 e. The molecule has 0 aromatic heterocycles. The van der Waals surface area contributed by atoms with E-state index in [2.05, 4.69) is 0 Å². The lowest BCUT2D eigenvalue weighted by molar-refractivity contribution is -0.116. The zero-order valence-corrected chi connectivity index (χ0v) is 9.09. The highest BCUT2D eigenvalue weighted by molar-refractivity contribution is 7.99. The molecule has 4 N–H and O–H groups in total. The third-order valence-corrected chi connectivity index (χ3v) is 3.33. The molecule has 0 aliphatic carbocycles. The number of carbonyl (C=O) groups is 1. The van der Waals surface area contributed by atoms with Gasteiger partial charge in [0.05, 0.1) is 12.2 Å². The molecule has 1 aromatic carbocycles. The molecular formula is C10H13N3OS. The minimum absolute atomic E-state index is 0.261. The van der Waals surface area contributed by atoms with Crippen LogP contribution < -0.4 is 16.4 Å². The molecule has 80 valence electrons. The fourth-order valence-electron chi connectivity index (χ4n) is 1.64. The van der Waals surface area contributed by atoms with Gasteiger partial charge in [0.15, 0.2) is 0 Å². The number of benzene rings is 1. The highest BCUT2D eigenvalue weighted by Crippen LogP contribution is 2.35. The summed E-state index contributed by atoms with van der Waals surface area (Å²) < 4.78 is 0. The van der Waals surface area contributed by atoms with Gasteiger partial charge in [-0.1, -0.05) is 0 Å². The van der Waals surface area contributed by atoms with Crippen molar-refractivity contribution in [1.29, 1.82) is 0 Å². The molecule has 1 amide bonds. The van der Waals surface area contributed by atoms with Gasteiger partial charge in [-0.15, -0.1) is 11.8 Å². The number of nitrogen functional groups attached to an aromatic ring is 1. The molecule has 5 heteroatoms. The molecule has 1 aliphatic rings. The number of thioether (sulfide) groups is 1. The molecule has 0 unspecified atom stereocenters. The van der Waals surface area contributed by atoms with Gasteiger partial charge >= 0.3 is 0 Å². The van der Waals surface area contributed by atoms with Crippen LogP contribution in [0.25, 0.3) is 0 Å². The maximum atomic E-state index is 10.9. The summed E-state index contributed by atoms with van der Waals surface area (Å²) in [5, 5.41) is 0. The van der Waals surface area contributed by atoms with Crippen LogP contribution in [0.1, 0.15) is 0 Å². The summed E-state index contributed by atoms with van der Waals surface area (Å²) in [5.74, 6) is 0.666. The van der Waals surface area contributed by atoms with Gasteiger partial charge in [0, 0.05) is 22.9 Å². The average Bonchev–Trinajstić information content (AvgIpc) is 2.18. The number of hydrogen-bond acceptors (Lipinski definition) is 4. The number of nitrogens with two attached hydrogens (primary N) is 2. The molecule has 15 heavy (non-hydrogen) atoms. The van der Waals surface area contributed by atoms with E-state index in [1.165, 1.54) is 0 Å². The second-order valence-corrected chi connectivity index (χ2v) is 4.60. The minimum Gasteiger partial charge on any atom is -0.399 e. The zero-order chi connectivity index (χ0) is 10.8. The van der Waals surface area contributed by atoms with Crippen LogP contribution in [0.3, 0.4) is 0 Å². The monoisotopic (exact) mass is 223 g/mol. The van der Waals surface area contributed by atoms with Crippen LogP contribution in [-0.2, 0) is 4.79 Å². The Kier molecular flexibility index (Phi) is 2.73. The van der Waals surface area contributed by atoms with Gasteiger partial charge in [0.1, 0.15) is 0 Å². The SMILES string of the molecule is NC(=O)CN1CCSc2ccc(N)cc21. The van der Waals surface area contributed by atoms with Gasteiger partial charge in [-0.2, -0.15) is 0 Å². The third-order valence-electron chi connectivity index (χ3n) is 2.29. The molecule has 1 aromatic rings. The standard InChI is InChI=1S/C10H13N3OS/c11-7-1-2-9-8(5-7)13(3-4-15-9)6-10(12)14/h1-2,5H,3-4,6,11H2,(H2,12,14). The van der Waals surface area contributed by atoms with Crippen molar-refractivity contribution in [2.45, 2.75) is 4.90 Å². The van der Waals surface area contributed by atoms with Crippen molar-refractivity contribution < 1.29 is 4.79 Å². The van der Waals surface area contributed by atoms with Crippen molar-refractivity contribution in [2.24, 2.45) is 5.73 Å². The van der Waals surface area contributed by atoms with Crippen LogP contribution in [0.2, 0.25) is 0 Å². The molecule has 0 saturated heterocycles. The van der Waals surface area contributed by atoms with Crippen molar-refractivity contribution in [2.75, 3.05) is 29.5 Å². The first kappa shape index (κ1) is 10.2. The van der Waals surface area contributed by atoms with Crippen molar-refractivity contribution in [3.63, 3.8) is 0 Å². The number of fused-ring (bicyclic) bond motifs is 1. The van der Waals surface area contributed by atoms with E-state index in [1.54, 1.807) is 11.8 Å². The molecule has 0 atom stereocenters. The molecule has 0 bridgehead atoms. The van der Waals surface area contributed by atoms with E-state index in [4.69, 9.17) is 11.5 Å². The third kappa shape index (κ3) is 2.18. The maximum Gasteiger partial charge on any atom is 0.236 e. The van der Waals surface area contributed by atoms with Crippen LogP contribution in [-0.4, -0.2) is 24.7 Å². The maximum absolute atomic E-state index is 10.9. The number of carbonyl (C=O) groups excluding carboxylic acids is 1. The van der Waals surface area contributed by atoms with Crippen LogP contribution in [0.5, 0.6) is 0 Å². The summed E-state index contributed by atoms with van der Waals surface area (Å²) in [6, 6.07) is 5.76. The second kappa shape index (κ2) is 4.02. The lowest BCUT2D eigenvalue weighted by Crippen LogP contribution is -2.37. The number of amides is 1. The van der Waals surface area contributed by atoms with E-state index in [9.17, 15) is 4.79 Å². The Morgan fingerprint density at radius 1 is 1.53 bits per heavy atom. The summed E-state index contributed by atoms with van der Waals surface area (Å²) in [4.78, 5) is 14.0. The normalized spacial score (nSPS) is 14.8. The van der Waals surface area contributed by atoms with Crippen molar-refractivity contribution in [1.82, 2.24) is 0 Å². The molecule has 1 heterocycles. The van der Waals surface area contributed by atoms with E-state index < -0.39 is 0 Å². The Labute approximate surface area is 92.6 Å². The summed E-state index contributed by atoms with van der Waals surface area (Å²) in [6.45, 7) is 1.10. The molecular weight excluding hydrogens is 210 g/mol. The van der Waals surface area contributed by atoms with Crippen molar-refractivity contribution >= 4 is 29.0 Å². The number of rotatable bonds is 2. The van der Waals surface area contributed by atoms with Crippen LogP contribution in [0.15, 0.2) is 23.1 Å². The second-order valence-electron chi connectivity index (χ2n) is 3.46. The number of anilines is 2.